The first-order valence-corrected chi connectivity index (χ1v) is 16.5. The van der Waals surface area contributed by atoms with Gasteiger partial charge < -0.3 is 30.1 Å². The number of nitrogens with one attached hydrogen (secondary N) is 2. The van der Waals surface area contributed by atoms with E-state index in [1.807, 2.05) is 31.2 Å². The van der Waals surface area contributed by atoms with Gasteiger partial charge in [-0.15, -0.1) is 0 Å². The highest BCUT2D eigenvalue weighted by atomic mass is 16.6. The maximum Gasteiger partial charge on any atom is 0.408 e. The van der Waals surface area contributed by atoms with Gasteiger partial charge in [0.1, 0.15) is 29.2 Å². The van der Waals surface area contributed by atoms with E-state index in [4.69, 9.17) is 9.47 Å². The van der Waals surface area contributed by atoms with Crippen molar-refractivity contribution in [3.8, 4) is 11.5 Å². The highest BCUT2D eigenvalue weighted by Gasteiger charge is 2.37. The number of hydrogen-bond acceptors (Lipinski definition) is 6. The first-order valence-electron chi connectivity index (χ1n) is 16.5. The number of hydrogen-bond donors (Lipinski definition) is 3. The van der Waals surface area contributed by atoms with Gasteiger partial charge in [-0.2, -0.15) is 0 Å². The van der Waals surface area contributed by atoms with E-state index in [0.29, 0.717) is 30.0 Å². The number of phenols is 1. The van der Waals surface area contributed by atoms with E-state index in [9.17, 15) is 19.5 Å². The van der Waals surface area contributed by atoms with Crippen molar-refractivity contribution in [2.75, 3.05) is 19.0 Å². The summed E-state index contributed by atoms with van der Waals surface area (Å²) in [6.07, 6.45) is 5.38. The molecule has 0 aliphatic carbocycles. The Morgan fingerprint density at radius 1 is 0.872 bits per heavy atom. The quantitative estimate of drug-likeness (QED) is 0.137. The summed E-state index contributed by atoms with van der Waals surface area (Å²) in [7, 11) is 1.58. The normalized spacial score (nSPS) is 12.5. The Hall–Kier alpha value is -4.53. The van der Waals surface area contributed by atoms with E-state index in [-0.39, 0.29) is 18.1 Å². The molecule has 0 bridgehead atoms. The lowest BCUT2D eigenvalue weighted by Crippen LogP contribution is -2.53. The third-order valence-corrected chi connectivity index (χ3v) is 7.80. The van der Waals surface area contributed by atoms with Crippen molar-refractivity contribution in [2.24, 2.45) is 0 Å². The number of carbonyl (C=O) groups excluding carboxylic acids is 3. The zero-order valence-corrected chi connectivity index (χ0v) is 28.7. The number of nitrogens with zero attached hydrogens (tertiary/aromatic N) is 1. The van der Waals surface area contributed by atoms with Crippen LogP contribution in [0, 0.1) is 6.92 Å². The highest BCUT2D eigenvalue weighted by Crippen LogP contribution is 2.29. The van der Waals surface area contributed by atoms with Gasteiger partial charge in [0.2, 0.25) is 5.91 Å². The summed E-state index contributed by atoms with van der Waals surface area (Å²) < 4.78 is 10.8. The van der Waals surface area contributed by atoms with Gasteiger partial charge >= 0.3 is 6.09 Å². The fourth-order valence-corrected chi connectivity index (χ4v) is 5.38. The molecule has 9 heteroatoms. The first-order chi connectivity index (χ1) is 22.4. The van der Waals surface area contributed by atoms with Crippen LogP contribution in [0.25, 0.3) is 0 Å². The van der Waals surface area contributed by atoms with E-state index < -0.39 is 29.7 Å². The van der Waals surface area contributed by atoms with Crippen LogP contribution >= 0.6 is 0 Å². The van der Waals surface area contributed by atoms with E-state index in [2.05, 4.69) is 17.6 Å². The average Bonchev–Trinajstić information content (AvgIpc) is 3.02. The van der Waals surface area contributed by atoms with Crippen LogP contribution in [0.5, 0.6) is 11.5 Å². The topological polar surface area (TPSA) is 117 Å². The molecule has 3 aromatic carbocycles. The summed E-state index contributed by atoms with van der Waals surface area (Å²) in [6, 6.07) is 19.0. The smallest absolute Gasteiger partial charge is 0.408 e. The van der Waals surface area contributed by atoms with Gasteiger partial charge in [-0.05, 0) is 87.2 Å². The van der Waals surface area contributed by atoms with Gasteiger partial charge in [-0.1, -0.05) is 75.4 Å². The Balaban J connectivity index is 2.05. The van der Waals surface area contributed by atoms with Crippen LogP contribution in [0.3, 0.4) is 0 Å². The number of methoxy groups -OCH3 is 1. The number of ether oxygens (including phenoxy) is 2. The SMILES string of the molecule is CCCCCCCCN(C(=O)C(Cc1ccc(O)cc1)NC(=O)OC(C)(C)C)C(C(=O)Nc1ccc(OC)cc1)c1ccccc1C. The predicted octanol–water partition coefficient (Wildman–Crippen LogP) is 7.71. The van der Waals surface area contributed by atoms with Crippen LogP contribution in [-0.4, -0.2) is 53.2 Å². The van der Waals surface area contributed by atoms with Gasteiger partial charge in [0.25, 0.3) is 5.91 Å². The van der Waals surface area contributed by atoms with Crippen LogP contribution in [0.4, 0.5) is 10.5 Å². The molecule has 3 amide bonds. The Morgan fingerprint density at radius 2 is 1.51 bits per heavy atom. The number of unbranched alkanes of at least 4 members (excludes halogenated alkanes) is 5. The third-order valence-electron chi connectivity index (χ3n) is 7.80. The van der Waals surface area contributed by atoms with E-state index in [0.717, 1.165) is 43.2 Å². The number of aromatic hydroxyl groups is 1. The maximum atomic E-state index is 14.8. The lowest BCUT2D eigenvalue weighted by Gasteiger charge is -2.35. The van der Waals surface area contributed by atoms with Crippen molar-refractivity contribution in [3.05, 3.63) is 89.5 Å². The molecule has 3 N–H and O–H groups in total. The van der Waals surface area contributed by atoms with Gasteiger partial charge in [0, 0.05) is 18.7 Å². The molecule has 0 saturated heterocycles. The van der Waals surface area contributed by atoms with Crippen molar-refractivity contribution in [3.63, 3.8) is 0 Å². The minimum absolute atomic E-state index is 0.0937. The second-order valence-corrected chi connectivity index (χ2v) is 12.8. The lowest BCUT2D eigenvalue weighted by molar-refractivity contribution is -0.140. The average molecular weight is 646 g/mol. The molecule has 0 fully saturated rings. The first kappa shape index (κ1) is 36.9. The second kappa shape index (κ2) is 18.0. The predicted molar refractivity (Wildman–Crippen MR) is 186 cm³/mol. The summed E-state index contributed by atoms with van der Waals surface area (Å²) in [4.78, 5) is 43.7. The van der Waals surface area contributed by atoms with Crippen LogP contribution in [0.2, 0.25) is 0 Å². The Labute approximate surface area is 279 Å². The van der Waals surface area contributed by atoms with Crippen molar-refractivity contribution >= 4 is 23.6 Å². The molecular weight excluding hydrogens is 594 g/mol. The van der Waals surface area contributed by atoms with Crippen LogP contribution in [0.15, 0.2) is 72.8 Å². The molecule has 0 aromatic heterocycles. The molecule has 0 radical (unpaired) electrons. The molecule has 0 spiro atoms. The molecule has 0 heterocycles. The summed E-state index contributed by atoms with van der Waals surface area (Å²) in [5.41, 5.74) is 2.06. The molecule has 3 rings (SSSR count). The largest absolute Gasteiger partial charge is 0.508 e. The Morgan fingerprint density at radius 3 is 2.13 bits per heavy atom. The lowest BCUT2D eigenvalue weighted by atomic mass is 9.96. The number of rotatable bonds is 16. The number of amides is 3. The molecule has 0 aliphatic heterocycles. The van der Waals surface area contributed by atoms with Crippen LogP contribution in [0.1, 0.15) is 89.0 Å². The van der Waals surface area contributed by atoms with Gasteiger partial charge in [0.05, 0.1) is 7.11 Å². The molecule has 2 unspecified atom stereocenters. The highest BCUT2D eigenvalue weighted by molar-refractivity contribution is 5.99. The number of anilines is 1. The molecule has 0 aliphatic rings. The Kier molecular flexibility index (Phi) is 14.1. The Bertz CT molecular complexity index is 1430. The number of benzene rings is 3. The maximum absolute atomic E-state index is 14.8. The van der Waals surface area contributed by atoms with E-state index >= 15 is 0 Å². The number of phenolic OH excluding ortho intramolecular Hbond substituents is 1. The van der Waals surface area contributed by atoms with E-state index in [1.54, 1.807) is 69.2 Å². The van der Waals surface area contributed by atoms with Crippen molar-refractivity contribution in [1.29, 1.82) is 0 Å². The standard InChI is InChI=1S/C38H51N3O6/c1-7-8-9-10-11-14-25-41(36(44)33(40-37(45)47-38(3,4)5)26-28-17-21-30(42)22-18-28)34(32-16-13-12-15-27(32)2)35(43)39-29-19-23-31(46-6)24-20-29/h12-13,15-24,33-34,42H,7-11,14,25-26H2,1-6H3,(H,39,43)(H,40,45). The monoisotopic (exact) mass is 645 g/mol. The molecule has 2 atom stereocenters. The fraction of sp³-hybridized carbons (Fsp3) is 0.447. The van der Waals surface area contributed by atoms with Crippen LogP contribution in [-0.2, 0) is 20.7 Å². The molecule has 0 saturated carbocycles. The van der Waals surface area contributed by atoms with Gasteiger partial charge in [0.15, 0.2) is 0 Å². The number of alkyl carbamates (subject to hydrolysis) is 1. The number of carbonyl (C=O) groups is 3. The molecule has 3 aromatic rings. The molecule has 47 heavy (non-hydrogen) atoms. The summed E-state index contributed by atoms with van der Waals surface area (Å²) in [5, 5.41) is 15.7. The minimum atomic E-state index is -1.05. The summed E-state index contributed by atoms with van der Waals surface area (Å²) in [5.74, 6) is -0.0278. The molecular formula is C38H51N3O6. The minimum Gasteiger partial charge on any atom is -0.508 e. The van der Waals surface area contributed by atoms with Gasteiger partial charge in [-0.3, -0.25) is 9.59 Å². The zero-order chi connectivity index (χ0) is 34.4. The van der Waals surface area contributed by atoms with Gasteiger partial charge in [-0.25, -0.2) is 4.79 Å². The van der Waals surface area contributed by atoms with Crippen molar-refractivity contribution < 1.29 is 29.0 Å². The third kappa shape index (κ3) is 12.0. The molecule has 9 nitrogen and oxygen atoms in total. The fourth-order valence-electron chi connectivity index (χ4n) is 5.38. The number of aryl methyl sites for hydroxylation is 1. The molecule has 254 valence electrons. The second-order valence-electron chi connectivity index (χ2n) is 12.8. The van der Waals surface area contributed by atoms with E-state index in [1.165, 1.54) is 12.1 Å². The summed E-state index contributed by atoms with van der Waals surface area (Å²) in [6.45, 7) is 9.66. The summed E-state index contributed by atoms with van der Waals surface area (Å²) >= 11 is 0. The van der Waals surface area contributed by atoms with Crippen molar-refractivity contribution in [2.45, 2.75) is 97.2 Å². The zero-order valence-electron chi connectivity index (χ0n) is 28.7. The van der Waals surface area contributed by atoms with Crippen LogP contribution < -0.4 is 15.4 Å². The van der Waals surface area contributed by atoms with Crippen molar-refractivity contribution in [1.82, 2.24) is 10.2 Å².